The summed E-state index contributed by atoms with van der Waals surface area (Å²) in [6, 6.07) is 8.22. The summed E-state index contributed by atoms with van der Waals surface area (Å²) in [6.07, 6.45) is 6.05. The summed E-state index contributed by atoms with van der Waals surface area (Å²) >= 11 is 0. The van der Waals surface area contributed by atoms with Gasteiger partial charge in [-0.3, -0.25) is 4.79 Å². The van der Waals surface area contributed by atoms with E-state index >= 15 is 0 Å². The molecule has 18 heavy (non-hydrogen) atoms. The smallest absolute Gasteiger partial charge is 0.190 e. The third kappa shape index (κ3) is 1.77. The topological polar surface area (TPSA) is 17.1 Å². The van der Waals surface area contributed by atoms with Crippen molar-refractivity contribution in [2.45, 2.75) is 32.6 Å². The predicted octanol–water partition coefficient (Wildman–Crippen LogP) is 3.87. The molecule has 0 atom stereocenters. The monoisotopic (exact) mass is 236 g/mol. The van der Waals surface area contributed by atoms with Crippen LogP contribution in [0.1, 0.15) is 37.3 Å². The summed E-state index contributed by atoms with van der Waals surface area (Å²) in [7, 11) is 0. The van der Waals surface area contributed by atoms with Crippen LogP contribution in [0.3, 0.4) is 0 Å². The summed E-state index contributed by atoms with van der Waals surface area (Å²) in [5.41, 5.74) is 9.20. The molecule has 1 aliphatic rings. The lowest BCUT2D eigenvalue weighted by molar-refractivity contribution is 0.854. The average Bonchev–Trinajstić information content (AvgIpc) is 3.05. The molecule has 0 saturated carbocycles. The maximum atomic E-state index is 11.9. The molecule has 0 saturated heterocycles. The van der Waals surface area contributed by atoms with Gasteiger partial charge in [-0.15, -0.1) is 5.73 Å². The summed E-state index contributed by atoms with van der Waals surface area (Å²) in [5, 5.41) is 0. The van der Waals surface area contributed by atoms with Crippen molar-refractivity contribution in [2.75, 3.05) is 0 Å². The fourth-order valence-electron chi connectivity index (χ4n) is 2.64. The van der Waals surface area contributed by atoms with Crippen molar-refractivity contribution < 1.29 is 0 Å². The van der Waals surface area contributed by atoms with Crippen LogP contribution in [0.25, 0.3) is 16.7 Å². The molecule has 1 nitrogen and oxygen atoms in total. The first-order chi connectivity index (χ1) is 8.83. The maximum absolute atomic E-state index is 11.9. The number of fused-ring (bicyclic) bond motifs is 3. The number of rotatable bonds is 1. The van der Waals surface area contributed by atoms with Crippen LogP contribution in [-0.2, 0) is 6.42 Å². The quantitative estimate of drug-likeness (QED) is 0.687. The zero-order valence-electron chi connectivity index (χ0n) is 10.6. The molecule has 2 aromatic carbocycles. The normalized spacial score (nSPS) is 15.1. The Bertz CT molecular complexity index is 659. The van der Waals surface area contributed by atoms with Crippen molar-refractivity contribution in [3.8, 4) is 11.1 Å². The van der Waals surface area contributed by atoms with E-state index in [0.717, 1.165) is 42.4 Å². The second-order valence-corrected chi connectivity index (χ2v) is 4.80. The Balaban J connectivity index is 2.23. The van der Waals surface area contributed by atoms with Crippen molar-refractivity contribution in [3.05, 3.63) is 57.4 Å². The standard InChI is InChI=1S/C17H16O/c1-2-12-8-4-3-5-11-15-16(17(15)18)14-10-7-6-9-13(12)14/h4,6-7,9-10H,2-3,5,11H2,1H3. The van der Waals surface area contributed by atoms with Crippen LogP contribution in [0, 0.1) is 0 Å². The van der Waals surface area contributed by atoms with Gasteiger partial charge in [0, 0.05) is 16.7 Å². The van der Waals surface area contributed by atoms with Gasteiger partial charge >= 0.3 is 0 Å². The molecule has 2 aromatic rings. The predicted molar refractivity (Wildman–Crippen MR) is 75.2 cm³/mol. The first kappa shape index (κ1) is 11.3. The molecule has 0 fully saturated rings. The van der Waals surface area contributed by atoms with E-state index in [1.807, 2.05) is 12.1 Å². The van der Waals surface area contributed by atoms with Gasteiger partial charge in [0.05, 0.1) is 0 Å². The molecule has 90 valence electrons. The lowest BCUT2D eigenvalue weighted by Gasteiger charge is -2.07. The van der Waals surface area contributed by atoms with Gasteiger partial charge in [-0.25, -0.2) is 0 Å². The summed E-state index contributed by atoms with van der Waals surface area (Å²) in [4.78, 5) is 11.9. The Labute approximate surface area is 107 Å². The molecule has 1 heteroatoms. The van der Waals surface area contributed by atoms with Crippen LogP contribution in [0.4, 0.5) is 0 Å². The number of hydrogen-bond acceptors (Lipinski definition) is 1. The summed E-state index contributed by atoms with van der Waals surface area (Å²) < 4.78 is 0. The highest BCUT2D eigenvalue weighted by atomic mass is 16.1. The Morgan fingerprint density at radius 1 is 1.22 bits per heavy atom. The summed E-state index contributed by atoms with van der Waals surface area (Å²) in [5.74, 6) is 0. The zero-order chi connectivity index (χ0) is 12.5. The van der Waals surface area contributed by atoms with E-state index in [1.54, 1.807) is 0 Å². The third-order valence-corrected chi connectivity index (χ3v) is 3.67. The van der Waals surface area contributed by atoms with Crippen molar-refractivity contribution in [1.82, 2.24) is 0 Å². The van der Waals surface area contributed by atoms with Crippen LogP contribution in [-0.4, -0.2) is 0 Å². The zero-order valence-corrected chi connectivity index (χ0v) is 10.6. The van der Waals surface area contributed by atoms with E-state index in [0.29, 0.717) is 0 Å². The Morgan fingerprint density at radius 3 is 2.78 bits per heavy atom. The highest BCUT2D eigenvalue weighted by Crippen LogP contribution is 2.34. The molecular formula is C17H16O. The van der Waals surface area contributed by atoms with Gasteiger partial charge in [-0.05, 0) is 42.9 Å². The molecule has 0 bridgehead atoms. The van der Waals surface area contributed by atoms with Gasteiger partial charge in [-0.1, -0.05) is 31.2 Å². The highest BCUT2D eigenvalue weighted by molar-refractivity contribution is 5.86. The average molecular weight is 236 g/mol. The van der Waals surface area contributed by atoms with Gasteiger partial charge in [0.1, 0.15) is 0 Å². The first-order valence-corrected chi connectivity index (χ1v) is 6.64. The fraction of sp³-hybridized carbons (Fsp3) is 0.294. The van der Waals surface area contributed by atoms with Crippen molar-refractivity contribution in [2.24, 2.45) is 0 Å². The van der Waals surface area contributed by atoms with E-state index in [2.05, 4.69) is 30.9 Å². The number of allylic oxidation sites excluding steroid dienone is 1. The second-order valence-electron chi connectivity index (χ2n) is 4.80. The SMILES string of the molecule is CCC1=C=CCCCc2c(c2=O)-c2ccccc21. The first-order valence-electron chi connectivity index (χ1n) is 6.64. The van der Waals surface area contributed by atoms with E-state index < -0.39 is 0 Å². The molecule has 0 aliphatic heterocycles. The minimum atomic E-state index is 0.278. The minimum absolute atomic E-state index is 0.278. The Kier molecular flexibility index (Phi) is 2.77. The van der Waals surface area contributed by atoms with Gasteiger partial charge in [-0.2, -0.15) is 0 Å². The van der Waals surface area contributed by atoms with E-state index in [4.69, 9.17) is 0 Å². The van der Waals surface area contributed by atoms with Crippen LogP contribution in [0.15, 0.2) is 40.9 Å². The maximum Gasteiger partial charge on any atom is 0.190 e. The molecule has 0 heterocycles. The third-order valence-electron chi connectivity index (χ3n) is 3.67. The molecule has 1 aliphatic carbocycles. The van der Waals surface area contributed by atoms with Gasteiger partial charge in [0.15, 0.2) is 5.43 Å². The largest absolute Gasteiger partial charge is 0.289 e. The van der Waals surface area contributed by atoms with Gasteiger partial charge < -0.3 is 0 Å². The Morgan fingerprint density at radius 2 is 2.00 bits per heavy atom. The van der Waals surface area contributed by atoms with Crippen molar-refractivity contribution in [1.29, 1.82) is 0 Å². The van der Waals surface area contributed by atoms with Crippen molar-refractivity contribution >= 4 is 5.57 Å². The summed E-state index contributed by atoms with van der Waals surface area (Å²) in [6.45, 7) is 2.14. The van der Waals surface area contributed by atoms with E-state index in [1.165, 1.54) is 11.1 Å². The van der Waals surface area contributed by atoms with Crippen LogP contribution < -0.4 is 5.43 Å². The molecular weight excluding hydrogens is 220 g/mol. The van der Waals surface area contributed by atoms with Gasteiger partial charge in [0.2, 0.25) is 0 Å². The van der Waals surface area contributed by atoms with Crippen LogP contribution in [0.5, 0.6) is 0 Å². The highest BCUT2D eigenvalue weighted by Gasteiger charge is 2.25. The molecule has 0 radical (unpaired) electrons. The van der Waals surface area contributed by atoms with Crippen LogP contribution in [0.2, 0.25) is 0 Å². The lowest BCUT2D eigenvalue weighted by atomic mass is 9.95. The fourth-order valence-corrected chi connectivity index (χ4v) is 2.64. The van der Waals surface area contributed by atoms with Gasteiger partial charge in [0.25, 0.3) is 0 Å². The second kappa shape index (κ2) is 4.44. The molecule has 0 amide bonds. The molecule has 3 rings (SSSR count). The van der Waals surface area contributed by atoms with Crippen molar-refractivity contribution in [3.63, 3.8) is 0 Å². The molecule has 0 N–H and O–H groups in total. The van der Waals surface area contributed by atoms with E-state index in [9.17, 15) is 4.79 Å². The lowest BCUT2D eigenvalue weighted by Crippen LogP contribution is -1.87. The molecule has 0 spiro atoms. The molecule has 0 aromatic heterocycles. The Hall–Kier alpha value is -1.85. The molecule has 0 unspecified atom stereocenters. The van der Waals surface area contributed by atoms with Crippen LogP contribution >= 0.6 is 0 Å². The number of hydrogen-bond donors (Lipinski definition) is 0. The minimum Gasteiger partial charge on any atom is -0.289 e. The number of benzene rings is 1. The van der Waals surface area contributed by atoms with E-state index in [-0.39, 0.29) is 5.43 Å².